The topological polar surface area (TPSA) is 63.2 Å². The quantitative estimate of drug-likeness (QED) is 0.503. The highest BCUT2D eigenvalue weighted by Crippen LogP contribution is 2.18. The Morgan fingerprint density at radius 2 is 2.16 bits per heavy atom. The summed E-state index contributed by atoms with van der Waals surface area (Å²) in [5, 5.41) is 3.16. The van der Waals surface area contributed by atoms with Crippen LogP contribution in [0.3, 0.4) is 0 Å². The molecule has 2 N–H and O–H groups in total. The Hall–Kier alpha value is -1.50. The zero-order valence-corrected chi connectivity index (χ0v) is 10.0. The minimum Gasteiger partial charge on any atom is -0.483 e. The van der Waals surface area contributed by atoms with Crippen LogP contribution in [0.5, 0.6) is 5.75 Å². The lowest BCUT2D eigenvalue weighted by atomic mass is 9.49. The number of aromatic nitrogens is 1. The van der Waals surface area contributed by atoms with Crippen LogP contribution >= 0.6 is 0 Å². The van der Waals surface area contributed by atoms with Gasteiger partial charge in [-0.1, -0.05) is 5.24 Å². The average Bonchev–Trinajstić information content (AvgIpc) is 2.22. The molecule has 92 valence electrons. The van der Waals surface area contributed by atoms with E-state index >= 15 is 0 Å². The van der Waals surface area contributed by atoms with Gasteiger partial charge in [0, 0.05) is 13.1 Å². The predicted molar refractivity (Wildman–Crippen MR) is 68.9 cm³/mol. The SMILES string of the molecule is [B]C([B])([B])NC(=O)c1ccc(OC2CNC2)c(F)n1. The summed E-state index contributed by atoms with van der Waals surface area (Å²) in [5.74, 6) is -1.66. The Morgan fingerprint density at radius 1 is 1.47 bits per heavy atom. The van der Waals surface area contributed by atoms with E-state index in [4.69, 9.17) is 28.3 Å². The third-order valence-electron chi connectivity index (χ3n) is 2.41. The average molecular weight is 255 g/mol. The lowest BCUT2D eigenvalue weighted by molar-refractivity contribution is 0.0945. The zero-order valence-electron chi connectivity index (χ0n) is 10.0. The molecule has 1 fully saturated rings. The summed E-state index contributed by atoms with van der Waals surface area (Å²) in [4.78, 5) is 15.1. The van der Waals surface area contributed by atoms with Crippen LogP contribution in [-0.2, 0) is 0 Å². The monoisotopic (exact) mass is 255 g/mol. The number of carbonyl (C=O) groups is 1. The summed E-state index contributed by atoms with van der Waals surface area (Å²) in [6.07, 6.45) is -0.0826. The van der Waals surface area contributed by atoms with Crippen LogP contribution in [0.15, 0.2) is 12.1 Å². The molecule has 0 aliphatic carbocycles. The van der Waals surface area contributed by atoms with Crippen LogP contribution in [0.2, 0.25) is 0 Å². The molecule has 0 spiro atoms. The molecule has 0 unspecified atom stereocenters. The molecule has 1 aromatic rings. The molecule has 2 rings (SSSR count). The van der Waals surface area contributed by atoms with Crippen molar-refractivity contribution < 1.29 is 13.9 Å². The molecule has 6 radical (unpaired) electrons. The van der Waals surface area contributed by atoms with Gasteiger partial charge in [0.15, 0.2) is 5.75 Å². The van der Waals surface area contributed by atoms with Gasteiger partial charge in [0.2, 0.25) is 0 Å². The van der Waals surface area contributed by atoms with Crippen LogP contribution in [-0.4, -0.2) is 58.9 Å². The summed E-state index contributed by atoms with van der Waals surface area (Å²) in [6.45, 7) is 1.30. The van der Waals surface area contributed by atoms with Crippen LogP contribution in [0.1, 0.15) is 10.5 Å². The maximum atomic E-state index is 13.6. The van der Waals surface area contributed by atoms with Crippen molar-refractivity contribution in [1.29, 1.82) is 0 Å². The van der Waals surface area contributed by atoms with E-state index in [-0.39, 0.29) is 17.5 Å². The number of nitrogens with one attached hydrogen (secondary N) is 2. The Balaban J connectivity index is 2.07. The molecule has 1 aliphatic heterocycles. The van der Waals surface area contributed by atoms with E-state index in [2.05, 4.69) is 15.6 Å². The third-order valence-corrected chi connectivity index (χ3v) is 2.41. The summed E-state index contributed by atoms with van der Waals surface area (Å²) in [7, 11) is 15.6. The van der Waals surface area contributed by atoms with Gasteiger partial charge in [0.1, 0.15) is 11.8 Å². The van der Waals surface area contributed by atoms with E-state index in [1.807, 2.05) is 0 Å². The maximum absolute atomic E-state index is 13.6. The number of hydrogen-bond donors (Lipinski definition) is 2. The van der Waals surface area contributed by atoms with E-state index < -0.39 is 17.1 Å². The fraction of sp³-hybridized carbons (Fsp3) is 0.400. The standard InChI is InChI=1S/C10H9B3FN3O2/c11-10(12,13)17-9(18)6-1-2-7(8(14)16-6)19-5-3-15-4-5/h1-2,5,15H,3-4H2,(H,17,18). The third kappa shape index (κ3) is 3.73. The van der Waals surface area contributed by atoms with Gasteiger partial charge in [0.25, 0.3) is 11.9 Å². The van der Waals surface area contributed by atoms with Gasteiger partial charge in [0.05, 0.1) is 23.5 Å². The first-order valence-electron chi connectivity index (χ1n) is 5.58. The first-order chi connectivity index (χ1) is 8.85. The number of rotatable bonds is 4. The molecule has 19 heavy (non-hydrogen) atoms. The number of nitrogens with zero attached hydrogens (tertiary/aromatic N) is 1. The van der Waals surface area contributed by atoms with Crippen molar-refractivity contribution in [3.8, 4) is 5.75 Å². The molecule has 2 heterocycles. The fourth-order valence-electron chi connectivity index (χ4n) is 1.42. The molecule has 1 aromatic heterocycles. The molecule has 0 bridgehead atoms. The van der Waals surface area contributed by atoms with Crippen molar-refractivity contribution in [1.82, 2.24) is 15.6 Å². The molecule has 1 saturated heterocycles. The van der Waals surface area contributed by atoms with Crippen LogP contribution in [0, 0.1) is 5.95 Å². The lowest BCUT2D eigenvalue weighted by Crippen LogP contribution is -2.50. The Morgan fingerprint density at radius 3 is 2.63 bits per heavy atom. The van der Waals surface area contributed by atoms with E-state index in [0.717, 1.165) is 0 Å². The van der Waals surface area contributed by atoms with E-state index in [0.29, 0.717) is 13.1 Å². The summed E-state index contributed by atoms with van der Waals surface area (Å²) in [5.41, 5.74) is -0.192. The molecule has 0 saturated carbocycles. The maximum Gasteiger partial charge on any atom is 0.268 e. The van der Waals surface area contributed by atoms with Gasteiger partial charge >= 0.3 is 0 Å². The zero-order chi connectivity index (χ0) is 14.0. The summed E-state index contributed by atoms with van der Waals surface area (Å²) in [6, 6.07) is 2.62. The van der Waals surface area contributed by atoms with Gasteiger partial charge < -0.3 is 15.4 Å². The predicted octanol–water partition coefficient (Wildman–Crippen LogP) is -1.58. The highest BCUT2D eigenvalue weighted by Gasteiger charge is 2.22. The largest absolute Gasteiger partial charge is 0.483 e. The molecular weight excluding hydrogens is 246 g/mol. The molecule has 0 aromatic carbocycles. The fourth-order valence-corrected chi connectivity index (χ4v) is 1.42. The van der Waals surface area contributed by atoms with Crippen molar-refractivity contribution in [2.75, 3.05) is 13.1 Å². The van der Waals surface area contributed by atoms with Crippen molar-refractivity contribution >= 4 is 29.4 Å². The van der Waals surface area contributed by atoms with Crippen molar-refractivity contribution in [3.05, 3.63) is 23.8 Å². The molecule has 0 atom stereocenters. The highest BCUT2D eigenvalue weighted by molar-refractivity contribution is 6.60. The second kappa shape index (κ2) is 5.24. The van der Waals surface area contributed by atoms with E-state index in [1.54, 1.807) is 0 Å². The second-order valence-electron chi connectivity index (χ2n) is 4.27. The van der Waals surface area contributed by atoms with Gasteiger partial charge in [-0.3, -0.25) is 4.79 Å². The number of pyridine rings is 1. The Bertz CT molecular complexity index is 491. The van der Waals surface area contributed by atoms with Gasteiger partial charge in [-0.2, -0.15) is 4.39 Å². The number of amides is 1. The first kappa shape index (κ1) is 13.9. The van der Waals surface area contributed by atoms with Crippen molar-refractivity contribution in [2.24, 2.45) is 0 Å². The van der Waals surface area contributed by atoms with Crippen LogP contribution in [0.4, 0.5) is 4.39 Å². The van der Waals surface area contributed by atoms with E-state index in [9.17, 15) is 9.18 Å². The molecule has 9 heteroatoms. The van der Waals surface area contributed by atoms with Gasteiger partial charge in [-0.05, 0) is 12.1 Å². The van der Waals surface area contributed by atoms with Crippen LogP contribution < -0.4 is 15.4 Å². The highest BCUT2D eigenvalue weighted by atomic mass is 19.1. The second-order valence-corrected chi connectivity index (χ2v) is 4.27. The first-order valence-corrected chi connectivity index (χ1v) is 5.58. The smallest absolute Gasteiger partial charge is 0.268 e. The van der Waals surface area contributed by atoms with E-state index in [1.165, 1.54) is 12.1 Å². The number of hydrogen-bond acceptors (Lipinski definition) is 4. The summed E-state index contributed by atoms with van der Waals surface area (Å²) >= 11 is 0. The molecule has 1 amide bonds. The molecule has 1 aliphatic rings. The molecular formula is C10H9B3FN3O2. The Labute approximate surface area is 113 Å². The lowest BCUT2D eigenvalue weighted by Gasteiger charge is -2.27. The van der Waals surface area contributed by atoms with Crippen molar-refractivity contribution in [3.63, 3.8) is 0 Å². The summed E-state index contributed by atoms with van der Waals surface area (Å²) < 4.78 is 18.9. The minimum absolute atomic E-state index is 0.0115. The number of halogens is 1. The minimum atomic E-state index is -1.89. The van der Waals surface area contributed by atoms with Gasteiger partial charge in [-0.15, -0.1) is 0 Å². The van der Waals surface area contributed by atoms with Gasteiger partial charge in [-0.25, -0.2) is 4.98 Å². The molecule has 5 nitrogen and oxygen atoms in total. The van der Waals surface area contributed by atoms with Crippen molar-refractivity contribution in [2.45, 2.75) is 11.3 Å². The normalized spacial score (nSPS) is 15.6. The Kier molecular flexibility index (Phi) is 3.84. The number of ether oxygens (including phenoxy) is 1. The van der Waals surface area contributed by atoms with Crippen LogP contribution in [0.25, 0.3) is 0 Å². The number of carbonyl (C=O) groups excluding carboxylic acids is 1.